The summed E-state index contributed by atoms with van der Waals surface area (Å²) in [5, 5.41) is 9.13. The van der Waals surface area contributed by atoms with Crippen molar-refractivity contribution in [2.45, 2.75) is 45.5 Å². The fraction of sp³-hybridized carbons (Fsp3) is 0.692. The molecule has 0 amide bonds. The van der Waals surface area contributed by atoms with Gasteiger partial charge in [0.05, 0.1) is 6.61 Å². The summed E-state index contributed by atoms with van der Waals surface area (Å²) in [6.45, 7) is 11.9. The van der Waals surface area contributed by atoms with Crippen LogP contribution in [0.4, 0.5) is 0 Å². The van der Waals surface area contributed by atoms with Crippen LogP contribution in [0.1, 0.15) is 26.6 Å². The van der Waals surface area contributed by atoms with Gasteiger partial charge in [-0.15, -0.1) is 0 Å². The highest BCUT2D eigenvalue weighted by Gasteiger charge is 2.36. The van der Waals surface area contributed by atoms with Gasteiger partial charge in [-0.05, 0) is 18.1 Å². The van der Waals surface area contributed by atoms with Crippen molar-refractivity contribution in [3.8, 4) is 5.88 Å². The van der Waals surface area contributed by atoms with Crippen LogP contribution in [0.15, 0.2) is 12.3 Å². The van der Waals surface area contributed by atoms with E-state index in [4.69, 9.17) is 14.3 Å². The molecule has 0 saturated carbocycles. The Kier molecular flexibility index (Phi) is 5.46. The first kappa shape index (κ1) is 16.1. The van der Waals surface area contributed by atoms with Crippen LogP contribution in [0, 0.1) is 0 Å². The zero-order valence-electron chi connectivity index (χ0n) is 12.4. The van der Waals surface area contributed by atoms with E-state index >= 15 is 0 Å². The first-order chi connectivity index (χ1) is 8.76. The van der Waals surface area contributed by atoms with Crippen molar-refractivity contribution in [2.24, 2.45) is 0 Å². The van der Waals surface area contributed by atoms with Crippen molar-refractivity contribution in [3.05, 3.63) is 18.1 Å². The minimum Gasteiger partial charge on any atom is -0.475 e. The Balaban J connectivity index is 2.39. The van der Waals surface area contributed by atoms with Gasteiger partial charge in [0.15, 0.2) is 14.1 Å². The molecule has 1 N–H and O–H groups in total. The smallest absolute Gasteiger partial charge is 0.216 e. The molecule has 0 fully saturated rings. The summed E-state index contributed by atoms with van der Waals surface area (Å²) in [6.07, 6.45) is 1.57. The highest BCUT2D eigenvalue weighted by Crippen LogP contribution is 2.36. The van der Waals surface area contributed by atoms with Crippen LogP contribution >= 0.6 is 0 Å². The van der Waals surface area contributed by atoms with Gasteiger partial charge in [-0.3, -0.25) is 0 Å². The van der Waals surface area contributed by atoms with Gasteiger partial charge in [-0.1, -0.05) is 20.8 Å². The van der Waals surface area contributed by atoms with E-state index in [0.717, 1.165) is 0 Å². The highest BCUT2D eigenvalue weighted by molar-refractivity contribution is 6.74. The molecule has 5 nitrogen and oxygen atoms in total. The normalized spacial score (nSPS) is 12.5. The van der Waals surface area contributed by atoms with E-state index in [9.17, 15) is 0 Å². The van der Waals surface area contributed by atoms with Gasteiger partial charge < -0.3 is 14.3 Å². The number of hydrogen-bond acceptors (Lipinski definition) is 5. The van der Waals surface area contributed by atoms with E-state index in [0.29, 0.717) is 24.9 Å². The zero-order chi connectivity index (χ0) is 14.5. The zero-order valence-corrected chi connectivity index (χ0v) is 13.4. The van der Waals surface area contributed by atoms with Crippen LogP contribution in [-0.4, -0.2) is 36.6 Å². The summed E-state index contributed by atoms with van der Waals surface area (Å²) >= 11 is 0. The minimum absolute atomic E-state index is 0.183. The van der Waals surface area contributed by atoms with Gasteiger partial charge in [-0.25, -0.2) is 4.98 Å². The lowest BCUT2D eigenvalue weighted by molar-refractivity contribution is 0.197. The van der Waals surface area contributed by atoms with Crippen LogP contribution in [0.3, 0.4) is 0 Å². The average Bonchev–Trinajstić information content (AvgIpc) is 2.33. The molecular formula is C13H24N2O3Si. The number of aliphatic hydroxyl groups excluding tert-OH is 1. The minimum atomic E-state index is -1.71. The number of aliphatic hydroxyl groups is 1. The van der Waals surface area contributed by atoms with Crippen LogP contribution in [0.2, 0.25) is 18.1 Å². The van der Waals surface area contributed by atoms with Gasteiger partial charge in [0.1, 0.15) is 13.2 Å². The number of nitrogens with zero attached hydrogens (tertiary/aromatic N) is 2. The lowest BCUT2D eigenvalue weighted by Crippen LogP contribution is -2.41. The molecule has 19 heavy (non-hydrogen) atoms. The van der Waals surface area contributed by atoms with Crippen LogP contribution in [-0.2, 0) is 11.0 Å². The highest BCUT2D eigenvalue weighted by atomic mass is 28.4. The fourth-order valence-electron chi connectivity index (χ4n) is 1.20. The first-order valence-electron chi connectivity index (χ1n) is 6.46. The molecule has 1 aromatic rings. The number of hydrogen-bond donors (Lipinski definition) is 1. The average molecular weight is 284 g/mol. The van der Waals surface area contributed by atoms with Crippen molar-refractivity contribution >= 4 is 8.32 Å². The molecular weight excluding hydrogens is 260 g/mol. The molecule has 1 aromatic heterocycles. The molecule has 6 heteroatoms. The Bertz CT molecular complexity index is 405. The van der Waals surface area contributed by atoms with Gasteiger partial charge in [0, 0.05) is 12.3 Å². The van der Waals surface area contributed by atoms with Gasteiger partial charge >= 0.3 is 0 Å². The molecule has 0 aliphatic heterocycles. The Labute approximate surface area is 116 Å². The van der Waals surface area contributed by atoms with Crippen molar-refractivity contribution in [1.82, 2.24) is 9.97 Å². The second-order valence-corrected chi connectivity index (χ2v) is 10.7. The monoisotopic (exact) mass is 284 g/mol. The van der Waals surface area contributed by atoms with Crippen molar-refractivity contribution < 1.29 is 14.3 Å². The number of ether oxygens (including phenoxy) is 1. The largest absolute Gasteiger partial charge is 0.475 e. The maximum atomic E-state index is 8.93. The van der Waals surface area contributed by atoms with Crippen molar-refractivity contribution in [2.75, 3.05) is 13.2 Å². The van der Waals surface area contributed by atoms with Crippen LogP contribution in [0.5, 0.6) is 5.88 Å². The molecule has 108 valence electrons. The summed E-state index contributed by atoms with van der Waals surface area (Å²) in [7, 11) is -1.71. The summed E-state index contributed by atoms with van der Waals surface area (Å²) < 4.78 is 11.5. The third-order valence-electron chi connectivity index (χ3n) is 3.42. The summed E-state index contributed by atoms with van der Waals surface area (Å²) in [6, 6.07) is 1.67. The fourth-order valence-corrected chi connectivity index (χ4v) is 2.22. The third kappa shape index (κ3) is 4.89. The van der Waals surface area contributed by atoms with E-state index < -0.39 is 8.32 Å². The van der Waals surface area contributed by atoms with E-state index in [1.165, 1.54) is 0 Å². The Morgan fingerprint density at radius 1 is 1.26 bits per heavy atom. The number of rotatable bonds is 6. The van der Waals surface area contributed by atoms with Crippen LogP contribution < -0.4 is 4.74 Å². The lowest BCUT2D eigenvalue weighted by atomic mass is 10.2. The summed E-state index contributed by atoms with van der Waals surface area (Å²) in [5.74, 6) is 0.834. The van der Waals surface area contributed by atoms with Crippen molar-refractivity contribution in [1.29, 1.82) is 0 Å². The van der Waals surface area contributed by atoms with E-state index in [-0.39, 0.29) is 11.6 Å². The van der Waals surface area contributed by atoms with Gasteiger partial charge in [0.25, 0.3) is 0 Å². The quantitative estimate of drug-likeness (QED) is 0.642. The van der Waals surface area contributed by atoms with E-state index in [1.54, 1.807) is 12.3 Å². The predicted molar refractivity (Wildman–Crippen MR) is 76.6 cm³/mol. The standard InChI is InChI=1S/C13H24N2O3Si/c1-13(2,3)19(4,5)18-9-8-17-12-6-7-14-11(10-16)15-12/h6-7,16H,8-10H2,1-5H3. The molecule has 0 aromatic carbocycles. The summed E-state index contributed by atoms with van der Waals surface area (Å²) in [5.41, 5.74) is 0. The van der Waals surface area contributed by atoms with Crippen LogP contribution in [0.25, 0.3) is 0 Å². The van der Waals surface area contributed by atoms with Gasteiger partial charge in [0.2, 0.25) is 5.88 Å². The Morgan fingerprint density at radius 2 is 1.95 bits per heavy atom. The lowest BCUT2D eigenvalue weighted by Gasteiger charge is -2.36. The van der Waals surface area contributed by atoms with E-state index in [1.807, 2.05) is 0 Å². The molecule has 0 aliphatic carbocycles. The molecule has 0 radical (unpaired) electrons. The van der Waals surface area contributed by atoms with Crippen molar-refractivity contribution in [3.63, 3.8) is 0 Å². The van der Waals surface area contributed by atoms with E-state index in [2.05, 4.69) is 43.8 Å². The van der Waals surface area contributed by atoms with Gasteiger partial charge in [-0.2, -0.15) is 4.98 Å². The molecule has 0 saturated heterocycles. The molecule has 0 aliphatic rings. The Hall–Kier alpha value is -0.983. The Morgan fingerprint density at radius 3 is 2.53 bits per heavy atom. The molecule has 1 heterocycles. The molecule has 0 bridgehead atoms. The second-order valence-electron chi connectivity index (χ2n) is 5.93. The molecule has 0 atom stereocenters. The predicted octanol–water partition coefficient (Wildman–Crippen LogP) is 2.37. The number of aromatic nitrogens is 2. The molecule has 1 rings (SSSR count). The topological polar surface area (TPSA) is 64.5 Å². The maximum Gasteiger partial charge on any atom is 0.216 e. The third-order valence-corrected chi connectivity index (χ3v) is 7.96. The SMILES string of the molecule is CC(C)(C)[Si](C)(C)OCCOc1ccnc(CO)n1. The first-order valence-corrected chi connectivity index (χ1v) is 9.36. The molecule has 0 unspecified atom stereocenters. The molecule has 0 spiro atoms. The summed E-state index contributed by atoms with van der Waals surface area (Å²) in [4.78, 5) is 7.94. The maximum absolute atomic E-state index is 8.93. The second kappa shape index (κ2) is 6.45.